The number of unbranched alkanes of at least 4 members (excludes halogenated alkanes) is 2. The highest BCUT2D eigenvalue weighted by Gasteiger charge is 2.26. The molecule has 0 aliphatic heterocycles. The smallest absolute Gasteiger partial charge is 0.251 e. The summed E-state index contributed by atoms with van der Waals surface area (Å²) in [5.74, 6) is 1.88. The van der Waals surface area contributed by atoms with Gasteiger partial charge in [0.2, 0.25) is 0 Å². The first-order chi connectivity index (χ1) is 16.6. The molecule has 4 heteroatoms. The van der Waals surface area contributed by atoms with Crippen LogP contribution in [0.5, 0.6) is 11.5 Å². The lowest BCUT2D eigenvalue weighted by atomic mass is 9.89. The maximum atomic E-state index is 12.8. The zero-order chi connectivity index (χ0) is 23.9. The van der Waals surface area contributed by atoms with E-state index in [1.165, 1.54) is 50.6 Å². The normalized spacial score (nSPS) is 14.3. The molecule has 1 fully saturated rings. The number of aromatic nitrogens is 1. The summed E-state index contributed by atoms with van der Waals surface area (Å²) in [4.78, 5) is 12.8. The number of ether oxygens (including phenoxy) is 1. The molecule has 4 rings (SSSR count). The van der Waals surface area contributed by atoms with Crippen molar-refractivity contribution in [3.63, 3.8) is 0 Å². The van der Waals surface area contributed by atoms with Gasteiger partial charge in [0.05, 0.1) is 5.56 Å². The molecule has 0 atom stereocenters. The van der Waals surface area contributed by atoms with Gasteiger partial charge in [0, 0.05) is 23.5 Å². The summed E-state index contributed by atoms with van der Waals surface area (Å²) >= 11 is 0. The highest BCUT2D eigenvalue weighted by molar-refractivity contribution is 6.02. The van der Waals surface area contributed by atoms with E-state index in [1.807, 2.05) is 48.5 Å². The van der Waals surface area contributed by atoms with Crippen LogP contribution in [0.15, 0.2) is 54.6 Å². The Labute approximate surface area is 204 Å². The Morgan fingerprint density at radius 1 is 1.00 bits per heavy atom. The van der Waals surface area contributed by atoms with Crippen LogP contribution in [0.2, 0.25) is 0 Å². The van der Waals surface area contributed by atoms with Gasteiger partial charge in [-0.05, 0) is 68.4 Å². The number of carbonyl (C=O) groups excluding carboxylic acids is 1. The Morgan fingerprint density at radius 2 is 1.74 bits per heavy atom. The molecule has 3 aromatic rings. The number of nitrogens with two attached hydrogens (primary N) is 1. The summed E-state index contributed by atoms with van der Waals surface area (Å²) in [7, 11) is 0. The van der Waals surface area contributed by atoms with Crippen molar-refractivity contribution in [2.75, 3.05) is 0 Å². The number of amides is 1. The van der Waals surface area contributed by atoms with E-state index in [2.05, 4.69) is 24.5 Å². The van der Waals surface area contributed by atoms with Crippen molar-refractivity contribution in [2.45, 2.75) is 78.2 Å². The van der Waals surface area contributed by atoms with Crippen LogP contribution in [-0.4, -0.2) is 10.5 Å². The number of rotatable bonds is 10. The van der Waals surface area contributed by atoms with Gasteiger partial charge in [-0.15, -0.1) is 0 Å². The van der Waals surface area contributed by atoms with E-state index in [4.69, 9.17) is 10.5 Å². The van der Waals surface area contributed by atoms with Crippen LogP contribution in [0.3, 0.4) is 0 Å². The maximum Gasteiger partial charge on any atom is 0.251 e. The van der Waals surface area contributed by atoms with E-state index in [0.29, 0.717) is 11.5 Å². The molecule has 0 spiro atoms. The number of hydrogen-bond donors (Lipinski definition) is 1. The molecule has 0 bridgehead atoms. The van der Waals surface area contributed by atoms with Crippen LogP contribution in [0.1, 0.15) is 80.0 Å². The Kier molecular flexibility index (Phi) is 8.10. The topological polar surface area (TPSA) is 57.2 Å². The Balaban J connectivity index is 1.77. The average molecular weight is 459 g/mol. The standard InChI is InChI=1S/C30H38N2O2/c1-3-4-7-19-27-29(24-15-12-18-26(20-24)34-25-16-10-6-11-17-25)28(30(31)33)22(2)32(27)21-23-13-8-5-9-14-23/h6,10-12,15-18,20,23H,3-5,7-9,13-14,19,21H2,1-2H3,(H2,31,33). The van der Waals surface area contributed by atoms with Gasteiger partial charge in [-0.1, -0.05) is 69.4 Å². The van der Waals surface area contributed by atoms with Gasteiger partial charge in [0.25, 0.3) is 5.91 Å². The molecular weight excluding hydrogens is 420 g/mol. The van der Waals surface area contributed by atoms with Crippen molar-refractivity contribution in [3.8, 4) is 22.6 Å². The summed E-state index contributed by atoms with van der Waals surface area (Å²) in [6.45, 7) is 5.28. The van der Waals surface area contributed by atoms with Gasteiger partial charge >= 0.3 is 0 Å². The molecule has 0 unspecified atom stereocenters. The molecule has 1 aliphatic carbocycles. The number of nitrogens with zero attached hydrogens (tertiary/aromatic N) is 1. The number of hydrogen-bond acceptors (Lipinski definition) is 2. The molecule has 2 aromatic carbocycles. The van der Waals surface area contributed by atoms with Crippen LogP contribution in [0.4, 0.5) is 0 Å². The lowest BCUT2D eigenvalue weighted by Crippen LogP contribution is -2.18. The lowest BCUT2D eigenvalue weighted by molar-refractivity contribution is 0.1000. The second kappa shape index (κ2) is 11.4. The van der Waals surface area contributed by atoms with Crippen molar-refractivity contribution >= 4 is 5.91 Å². The minimum atomic E-state index is -0.346. The fourth-order valence-electron chi connectivity index (χ4n) is 5.43. The summed E-state index contributed by atoms with van der Waals surface area (Å²) in [6.07, 6.45) is 10.9. The average Bonchev–Trinajstić information content (AvgIpc) is 3.12. The van der Waals surface area contributed by atoms with E-state index in [9.17, 15) is 4.79 Å². The van der Waals surface area contributed by atoms with Crippen molar-refractivity contribution < 1.29 is 9.53 Å². The molecule has 34 heavy (non-hydrogen) atoms. The van der Waals surface area contributed by atoms with Crippen LogP contribution in [0.25, 0.3) is 11.1 Å². The predicted molar refractivity (Wildman–Crippen MR) is 139 cm³/mol. The Hall–Kier alpha value is -3.01. The van der Waals surface area contributed by atoms with Crippen molar-refractivity contribution in [3.05, 3.63) is 71.5 Å². The third kappa shape index (κ3) is 5.55. The van der Waals surface area contributed by atoms with Gasteiger partial charge in [0.1, 0.15) is 11.5 Å². The summed E-state index contributed by atoms with van der Waals surface area (Å²) in [5, 5.41) is 0. The fourth-order valence-corrected chi connectivity index (χ4v) is 5.43. The Bertz CT molecular complexity index is 1090. The first-order valence-corrected chi connectivity index (χ1v) is 12.9. The number of benzene rings is 2. The first-order valence-electron chi connectivity index (χ1n) is 12.9. The third-order valence-corrected chi connectivity index (χ3v) is 7.16. The first kappa shape index (κ1) is 24.1. The largest absolute Gasteiger partial charge is 0.457 e. The summed E-state index contributed by atoms with van der Waals surface area (Å²) < 4.78 is 8.54. The molecule has 1 heterocycles. The van der Waals surface area contributed by atoms with E-state index < -0.39 is 0 Å². The summed E-state index contributed by atoms with van der Waals surface area (Å²) in [6, 6.07) is 17.9. The second-order valence-corrected chi connectivity index (χ2v) is 9.66. The van der Waals surface area contributed by atoms with Gasteiger partial charge in [-0.25, -0.2) is 0 Å². The number of carbonyl (C=O) groups is 1. The zero-order valence-corrected chi connectivity index (χ0v) is 20.7. The molecule has 1 amide bonds. The zero-order valence-electron chi connectivity index (χ0n) is 20.7. The quantitative estimate of drug-likeness (QED) is 0.317. The van der Waals surface area contributed by atoms with Gasteiger partial charge in [-0.3, -0.25) is 4.79 Å². The minimum Gasteiger partial charge on any atom is -0.457 e. The van der Waals surface area contributed by atoms with E-state index in [0.717, 1.165) is 47.7 Å². The monoisotopic (exact) mass is 458 g/mol. The van der Waals surface area contributed by atoms with Crippen molar-refractivity contribution in [1.29, 1.82) is 0 Å². The van der Waals surface area contributed by atoms with Crippen LogP contribution in [0, 0.1) is 12.8 Å². The van der Waals surface area contributed by atoms with Crippen LogP contribution < -0.4 is 10.5 Å². The third-order valence-electron chi connectivity index (χ3n) is 7.16. The number of primary amides is 1. The van der Waals surface area contributed by atoms with Crippen LogP contribution in [-0.2, 0) is 13.0 Å². The molecule has 0 saturated heterocycles. The minimum absolute atomic E-state index is 0.346. The van der Waals surface area contributed by atoms with Crippen molar-refractivity contribution in [1.82, 2.24) is 4.57 Å². The number of para-hydroxylation sites is 1. The second-order valence-electron chi connectivity index (χ2n) is 9.66. The van der Waals surface area contributed by atoms with E-state index in [1.54, 1.807) is 0 Å². The molecule has 1 saturated carbocycles. The predicted octanol–water partition coefficient (Wildman–Crippen LogP) is 7.67. The molecule has 1 aliphatic rings. The van der Waals surface area contributed by atoms with Gasteiger partial charge in [0.15, 0.2) is 0 Å². The van der Waals surface area contributed by atoms with Gasteiger partial charge < -0.3 is 15.0 Å². The fraction of sp³-hybridized carbons (Fsp3) is 0.433. The van der Waals surface area contributed by atoms with E-state index in [-0.39, 0.29) is 5.91 Å². The SMILES string of the molecule is CCCCCc1c(-c2cccc(Oc3ccccc3)c2)c(C(N)=O)c(C)n1CC1CCCCC1. The lowest BCUT2D eigenvalue weighted by Gasteiger charge is -2.24. The highest BCUT2D eigenvalue weighted by Crippen LogP contribution is 2.37. The maximum absolute atomic E-state index is 12.8. The Morgan fingerprint density at radius 3 is 2.44 bits per heavy atom. The molecule has 1 aromatic heterocycles. The summed E-state index contributed by atoms with van der Waals surface area (Å²) in [5.41, 5.74) is 10.9. The molecule has 2 N–H and O–H groups in total. The molecule has 0 radical (unpaired) electrons. The molecular formula is C30H38N2O2. The molecule has 180 valence electrons. The molecule has 4 nitrogen and oxygen atoms in total. The van der Waals surface area contributed by atoms with Crippen LogP contribution >= 0.6 is 0 Å². The van der Waals surface area contributed by atoms with Crippen molar-refractivity contribution in [2.24, 2.45) is 11.7 Å². The van der Waals surface area contributed by atoms with Gasteiger partial charge in [-0.2, -0.15) is 0 Å². The highest BCUT2D eigenvalue weighted by atomic mass is 16.5. The van der Waals surface area contributed by atoms with E-state index >= 15 is 0 Å².